The van der Waals surface area contributed by atoms with Gasteiger partial charge in [0.25, 0.3) is 0 Å². The molecule has 1 heterocycles. The molecule has 1 aromatic rings. The van der Waals surface area contributed by atoms with Crippen molar-refractivity contribution in [3.8, 4) is 5.88 Å². The van der Waals surface area contributed by atoms with Gasteiger partial charge in [-0.2, -0.15) is 5.10 Å². The van der Waals surface area contributed by atoms with E-state index in [1.165, 1.54) is 24.8 Å². The zero-order valence-electron chi connectivity index (χ0n) is 13.7. The van der Waals surface area contributed by atoms with Gasteiger partial charge in [0, 0.05) is 12.1 Å². The Morgan fingerprint density at radius 1 is 1.10 bits per heavy atom. The summed E-state index contributed by atoms with van der Waals surface area (Å²) in [6.07, 6.45) is 8.20. The number of aromatic nitrogens is 2. The van der Waals surface area contributed by atoms with Crippen LogP contribution in [0.25, 0.3) is 0 Å². The Morgan fingerprint density at radius 3 is 2.52 bits per heavy atom. The third kappa shape index (κ3) is 3.73. The highest BCUT2D eigenvalue weighted by Crippen LogP contribution is 2.31. The van der Waals surface area contributed by atoms with Crippen LogP contribution in [-0.2, 0) is 19.4 Å². The molecular weight excluding hydrogens is 262 g/mol. The van der Waals surface area contributed by atoms with Gasteiger partial charge in [-0.1, -0.05) is 33.6 Å². The summed E-state index contributed by atoms with van der Waals surface area (Å²) in [6, 6.07) is 0. The summed E-state index contributed by atoms with van der Waals surface area (Å²) in [5.74, 6) is 1.46. The van der Waals surface area contributed by atoms with Crippen molar-refractivity contribution in [3.63, 3.8) is 0 Å². The minimum absolute atomic E-state index is 0.278. The molecule has 2 rings (SSSR count). The van der Waals surface area contributed by atoms with E-state index < -0.39 is 0 Å². The molecule has 0 radical (unpaired) electrons. The Kier molecular flexibility index (Phi) is 5.97. The summed E-state index contributed by atoms with van der Waals surface area (Å²) in [4.78, 5) is 0. The molecule has 1 aliphatic carbocycles. The lowest BCUT2D eigenvalue weighted by atomic mass is 9.85. The molecule has 4 nitrogen and oxygen atoms in total. The van der Waals surface area contributed by atoms with Crippen LogP contribution in [-0.4, -0.2) is 16.3 Å². The Morgan fingerprint density at radius 2 is 1.90 bits per heavy atom. The van der Waals surface area contributed by atoms with E-state index in [1.54, 1.807) is 0 Å². The zero-order valence-corrected chi connectivity index (χ0v) is 13.7. The lowest BCUT2D eigenvalue weighted by molar-refractivity contribution is 0.114. The van der Waals surface area contributed by atoms with E-state index in [9.17, 15) is 0 Å². The maximum absolute atomic E-state index is 6.20. The second-order valence-corrected chi connectivity index (χ2v) is 6.00. The Bertz CT molecular complexity index is 462. The normalized spacial score (nSPS) is 22.3. The highest BCUT2D eigenvalue weighted by molar-refractivity contribution is 5.37. The van der Waals surface area contributed by atoms with Crippen LogP contribution in [0.5, 0.6) is 5.88 Å². The second-order valence-electron chi connectivity index (χ2n) is 6.00. The van der Waals surface area contributed by atoms with Gasteiger partial charge in [0.1, 0.15) is 6.10 Å². The van der Waals surface area contributed by atoms with Crippen LogP contribution >= 0.6 is 0 Å². The van der Waals surface area contributed by atoms with Crippen molar-refractivity contribution in [3.05, 3.63) is 16.8 Å². The first-order chi connectivity index (χ1) is 10.2. The standard InChI is InChI=1S/C17H29N3O/c1-4-12-8-7-9-13(10-12)21-17-15(11-18)14(5-2)16(6-3)19-20-17/h12-13H,4-11,18H2,1-3H3. The third-order valence-electron chi connectivity index (χ3n) is 4.72. The van der Waals surface area contributed by atoms with Crippen LogP contribution in [0.15, 0.2) is 0 Å². The summed E-state index contributed by atoms with van der Waals surface area (Å²) in [7, 11) is 0. The van der Waals surface area contributed by atoms with Gasteiger partial charge in [0.05, 0.1) is 5.69 Å². The number of nitrogens with zero attached hydrogens (tertiary/aromatic N) is 2. The van der Waals surface area contributed by atoms with Crippen molar-refractivity contribution in [1.82, 2.24) is 10.2 Å². The molecule has 21 heavy (non-hydrogen) atoms. The van der Waals surface area contributed by atoms with Gasteiger partial charge >= 0.3 is 0 Å². The van der Waals surface area contributed by atoms with Crippen LogP contribution in [0.4, 0.5) is 0 Å². The fourth-order valence-corrected chi connectivity index (χ4v) is 3.41. The average Bonchev–Trinajstić information content (AvgIpc) is 2.54. The molecule has 4 heteroatoms. The van der Waals surface area contributed by atoms with Gasteiger partial charge in [0.2, 0.25) is 5.88 Å². The molecule has 0 spiro atoms. The first-order valence-corrected chi connectivity index (χ1v) is 8.47. The number of nitrogens with two attached hydrogens (primary N) is 1. The second kappa shape index (κ2) is 7.74. The molecule has 118 valence electrons. The number of hydrogen-bond acceptors (Lipinski definition) is 4. The SMILES string of the molecule is CCc1nnc(OC2CCCC(CC)C2)c(CN)c1CC. The first kappa shape index (κ1) is 16.2. The average molecular weight is 291 g/mol. The third-order valence-corrected chi connectivity index (χ3v) is 4.72. The van der Waals surface area contributed by atoms with Crippen LogP contribution in [0.1, 0.15) is 69.7 Å². The van der Waals surface area contributed by atoms with Crippen molar-refractivity contribution in [2.75, 3.05) is 0 Å². The molecule has 1 saturated carbocycles. The molecule has 0 aliphatic heterocycles. The van der Waals surface area contributed by atoms with E-state index in [-0.39, 0.29) is 6.10 Å². The quantitative estimate of drug-likeness (QED) is 0.872. The summed E-state index contributed by atoms with van der Waals surface area (Å²) in [5, 5.41) is 8.67. The highest BCUT2D eigenvalue weighted by atomic mass is 16.5. The van der Waals surface area contributed by atoms with Gasteiger partial charge < -0.3 is 10.5 Å². The monoisotopic (exact) mass is 291 g/mol. The smallest absolute Gasteiger partial charge is 0.238 e. The lowest BCUT2D eigenvalue weighted by Crippen LogP contribution is -2.26. The molecule has 2 atom stereocenters. The van der Waals surface area contributed by atoms with Gasteiger partial charge in [-0.15, -0.1) is 5.10 Å². The maximum Gasteiger partial charge on any atom is 0.238 e. The fourth-order valence-electron chi connectivity index (χ4n) is 3.41. The largest absolute Gasteiger partial charge is 0.473 e. The molecule has 0 bridgehead atoms. The number of hydrogen-bond donors (Lipinski definition) is 1. The molecule has 2 unspecified atom stereocenters. The molecular formula is C17H29N3O. The van der Waals surface area contributed by atoms with Crippen molar-refractivity contribution < 1.29 is 4.74 Å². The van der Waals surface area contributed by atoms with Crippen molar-refractivity contribution in [2.24, 2.45) is 11.7 Å². The molecule has 2 N–H and O–H groups in total. The van der Waals surface area contributed by atoms with Gasteiger partial charge in [0.15, 0.2) is 0 Å². The molecule has 1 fully saturated rings. The van der Waals surface area contributed by atoms with E-state index >= 15 is 0 Å². The van der Waals surface area contributed by atoms with Crippen LogP contribution in [0, 0.1) is 5.92 Å². The topological polar surface area (TPSA) is 61.0 Å². The Hall–Kier alpha value is -1.16. The minimum atomic E-state index is 0.278. The predicted molar refractivity (Wildman–Crippen MR) is 85.3 cm³/mol. The first-order valence-electron chi connectivity index (χ1n) is 8.47. The van der Waals surface area contributed by atoms with Crippen LogP contribution < -0.4 is 10.5 Å². The summed E-state index contributed by atoms with van der Waals surface area (Å²) >= 11 is 0. The Balaban J connectivity index is 2.19. The van der Waals surface area contributed by atoms with E-state index in [4.69, 9.17) is 10.5 Å². The van der Waals surface area contributed by atoms with Crippen LogP contribution in [0.3, 0.4) is 0 Å². The zero-order chi connectivity index (χ0) is 15.2. The van der Waals surface area contributed by atoms with E-state index in [1.807, 2.05) is 0 Å². The highest BCUT2D eigenvalue weighted by Gasteiger charge is 2.24. The van der Waals surface area contributed by atoms with Crippen molar-refractivity contribution >= 4 is 0 Å². The van der Waals surface area contributed by atoms with Gasteiger partial charge in [-0.3, -0.25) is 0 Å². The molecule has 1 aromatic heterocycles. The summed E-state index contributed by atoms with van der Waals surface area (Å²) in [5.41, 5.74) is 9.31. The van der Waals surface area contributed by atoms with Crippen molar-refractivity contribution in [2.45, 2.75) is 78.4 Å². The van der Waals surface area contributed by atoms with Gasteiger partial charge in [-0.05, 0) is 43.6 Å². The maximum atomic E-state index is 6.20. The van der Waals surface area contributed by atoms with Crippen LogP contribution in [0.2, 0.25) is 0 Å². The van der Waals surface area contributed by atoms with E-state index in [2.05, 4.69) is 31.0 Å². The summed E-state index contributed by atoms with van der Waals surface area (Å²) < 4.78 is 6.20. The summed E-state index contributed by atoms with van der Waals surface area (Å²) in [6.45, 7) is 7.00. The van der Waals surface area contributed by atoms with Crippen molar-refractivity contribution in [1.29, 1.82) is 0 Å². The molecule has 0 amide bonds. The number of rotatable bonds is 6. The fraction of sp³-hybridized carbons (Fsp3) is 0.765. The Labute approximate surface area is 128 Å². The van der Waals surface area contributed by atoms with E-state index in [0.29, 0.717) is 12.4 Å². The number of aryl methyl sites for hydroxylation is 1. The molecule has 0 aromatic carbocycles. The van der Waals surface area contributed by atoms with E-state index in [0.717, 1.165) is 42.9 Å². The lowest BCUT2D eigenvalue weighted by Gasteiger charge is -2.29. The predicted octanol–water partition coefficient (Wildman–Crippen LogP) is 3.41. The molecule has 1 aliphatic rings. The van der Waals surface area contributed by atoms with Gasteiger partial charge in [-0.25, -0.2) is 0 Å². The number of ether oxygens (including phenoxy) is 1. The minimum Gasteiger partial charge on any atom is -0.473 e. The molecule has 0 saturated heterocycles.